The third-order valence-electron chi connectivity index (χ3n) is 5.77. The van der Waals surface area contributed by atoms with Gasteiger partial charge in [0.2, 0.25) is 0 Å². The standard InChI is InChI=1S/C21H28N4O2/c26-21(19-13-23-24-20(19)16-7-2-1-3-8-16)25-12-6-10-18(14-25)27-15-17-9-4-5-11-22-17/h4-5,9,11,13,16,18H,1-3,6-8,10,12,14-15H2,(H,23,24)/t18-/m0/s1. The van der Waals surface area contributed by atoms with E-state index in [4.69, 9.17) is 4.74 Å². The molecular weight excluding hydrogens is 340 g/mol. The maximum atomic E-state index is 13.1. The van der Waals surface area contributed by atoms with Crippen LogP contribution in [0.4, 0.5) is 0 Å². The minimum atomic E-state index is 0.0646. The van der Waals surface area contributed by atoms with Gasteiger partial charge in [0.25, 0.3) is 5.91 Å². The third kappa shape index (κ3) is 4.38. The molecule has 2 fully saturated rings. The average molecular weight is 368 g/mol. The summed E-state index contributed by atoms with van der Waals surface area (Å²) in [6.45, 7) is 1.92. The molecule has 144 valence electrons. The molecule has 1 amide bonds. The number of nitrogens with zero attached hydrogens (tertiary/aromatic N) is 3. The van der Waals surface area contributed by atoms with Crippen molar-refractivity contribution in [2.75, 3.05) is 13.1 Å². The molecule has 1 aliphatic carbocycles. The average Bonchev–Trinajstić information content (AvgIpc) is 3.23. The van der Waals surface area contributed by atoms with Gasteiger partial charge < -0.3 is 9.64 Å². The second-order valence-electron chi connectivity index (χ2n) is 7.68. The normalized spacial score (nSPS) is 21.3. The number of H-pyrrole nitrogens is 1. The van der Waals surface area contributed by atoms with Crippen LogP contribution in [0.25, 0.3) is 0 Å². The summed E-state index contributed by atoms with van der Waals surface area (Å²) in [6.07, 6.45) is 11.6. The van der Waals surface area contributed by atoms with Crippen molar-refractivity contribution in [2.24, 2.45) is 0 Å². The Bertz CT molecular complexity index is 740. The summed E-state index contributed by atoms with van der Waals surface area (Å²) in [4.78, 5) is 19.4. The molecule has 6 nitrogen and oxygen atoms in total. The molecule has 1 atom stereocenters. The number of ether oxygens (including phenoxy) is 1. The quantitative estimate of drug-likeness (QED) is 0.874. The minimum absolute atomic E-state index is 0.0646. The van der Waals surface area contributed by atoms with Crippen molar-refractivity contribution in [3.63, 3.8) is 0 Å². The lowest BCUT2D eigenvalue weighted by atomic mass is 9.85. The van der Waals surface area contributed by atoms with E-state index in [0.717, 1.165) is 49.2 Å². The van der Waals surface area contributed by atoms with Gasteiger partial charge in [0.15, 0.2) is 0 Å². The molecule has 1 saturated carbocycles. The van der Waals surface area contributed by atoms with Crippen LogP contribution in [0.5, 0.6) is 0 Å². The molecule has 1 saturated heterocycles. The third-order valence-corrected chi connectivity index (χ3v) is 5.77. The van der Waals surface area contributed by atoms with E-state index < -0.39 is 0 Å². The van der Waals surface area contributed by atoms with Crippen LogP contribution in [0.15, 0.2) is 30.6 Å². The number of likely N-dealkylation sites (tertiary alicyclic amines) is 1. The van der Waals surface area contributed by atoms with Crippen molar-refractivity contribution in [3.8, 4) is 0 Å². The number of aromatic amines is 1. The molecule has 6 heteroatoms. The highest BCUT2D eigenvalue weighted by molar-refractivity contribution is 5.95. The zero-order valence-electron chi connectivity index (χ0n) is 15.8. The van der Waals surface area contributed by atoms with E-state index >= 15 is 0 Å². The largest absolute Gasteiger partial charge is 0.370 e. The van der Waals surface area contributed by atoms with Crippen LogP contribution in [-0.4, -0.2) is 45.2 Å². The molecule has 0 aromatic carbocycles. The summed E-state index contributed by atoms with van der Waals surface area (Å²) < 4.78 is 6.03. The number of nitrogens with one attached hydrogen (secondary N) is 1. The van der Waals surface area contributed by atoms with E-state index in [1.54, 1.807) is 12.4 Å². The van der Waals surface area contributed by atoms with Gasteiger partial charge in [-0.25, -0.2) is 0 Å². The van der Waals surface area contributed by atoms with Crippen molar-refractivity contribution in [1.29, 1.82) is 0 Å². The van der Waals surface area contributed by atoms with E-state index in [1.807, 2.05) is 23.1 Å². The molecule has 1 N–H and O–H groups in total. The number of hydrogen-bond donors (Lipinski definition) is 1. The van der Waals surface area contributed by atoms with Crippen LogP contribution in [-0.2, 0) is 11.3 Å². The Balaban J connectivity index is 1.38. The number of pyridine rings is 1. The Kier molecular flexibility index (Phi) is 5.82. The molecule has 27 heavy (non-hydrogen) atoms. The number of carbonyl (C=O) groups is 1. The molecule has 0 unspecified atom stereocenters. The highest BCUT2D eigenvalue weighted by atomic mass is 16.5. The second kappa shape index (κ2) is 8.65. The summed E-state index contributed by atoms with van der Waals surface area (Å²) in [5, 5.41) is 7.31. The van der Waals surface area contributed by atoms with E-state index in [9.17, 15) is 4.79 Å². The summed E-state index contributed by atoms with van der Waals surface area (Å²) in [6, 6.07) is 5.83. The first-order chi connectivity index (χ1) is 13.3. The smallest absolute Gasteiger partial charge is 0.257 e. The monoisotopic (exact) mass is 368 g/mol. The Labute approximate surface area is 160 Å². The fraction of sp³-hybridized carbons (Fsp3) is 0.571. The molecule has 3 heterocycles. The highest BCUT2D eigenvalue weighted by Gasteiger charge is 2.29. The zero-order chi connectivity index (χ0) is 18.5. The summed E-state index contributed by atoms with van der Waals surface area (Å²) in [7, 11) is 0. The second-order valence-corrected chi connectivity index (χ2v) is 7.68. The lowest BCUT2D eigenvalue weighted by Gasteiger charge is -2.33. The van der Waals surface area contributed by atoms with Gasteiger partial charge in [0, 0.05) is 25.2 Å². The molecule has 0 spiro atoms. The Morgan fingerprint density at radius 1 is 1.19 bits per heavy atom. The van der Waals surface area contributed by atoms with Crippen molar-refractivity contribution < 1.29 is 9.53 Å². The van der Waals surface area contributed by atoms with Gasteiger partial charge in [0.1, 0.15) is 0 Å². The number of hydrogen-bond acceptors (Lipinski definition) is 4. The van der Waals surface area contributed by atoms with Gasteiger partial charge in [-0.3, -0.25) is 14.9 Å². The van der Waals surface area contributed by atoms with Crippen molar-refractivity contribution in [1.82, 2.24) is 20.1 Å². The van der Waals surface area contributed by atoms with Crippen molar-refractivity contribution in [2.45, 2.75) is 63.6 Å². The van der Waals surface area contributed by atoms with Gasteiger partial charge in [-0.15, -0.1) is 0 Å². The molecule has 0 radical (unpaired) electrons. The molecular formula is C21H28N4O2. The summed E-state index contributed by atoms with van der Waals surface area (Å²) >= 11 is 0. The van der Waals surface area contributed by atoms with Crippen LogP contribution < -0.4 is 0 Å². The SMILES string of the molecule is O=C(c1cn[nH]c1C1CCCCC1)N1CCC[C@H](OCc2ccccn2)C1. The van der Waals surface area contributed by atoms with Crippen LogP contribution >= 0.6 is 0 Å². The molecule has 4 rings (SSSR count). The number of piperidine rings is 1. The van der Waals surface area contributed by atoms with Crippen LogP contribution in [0, 0.1) is 0 Å². The topological polar surface area (TPSA) is 71.1 Å². The maximum absolute atomic E-state index is 13.1. The maximum Gasteiger partial charge on any atom is 0.257 e. The first-order valence-corrected chi connectivity index (χ1v) is 10.2. The fourth-order valence-electron chi connectivity index (χ4n) is 4.28. The van der Waals surface area contributed by atoms with E-state index in [0.29, 0.717) is 19.1 Å². The van der Waals surface area contributed by atoms with E-state index in [2.05, 4.69) is 15.2 Å². The van der Waals surface area contributed by atoms with Gasteiger partial charge in [-0.2, -0.15) is 5.10 Å². The number of amides is 1. The van der Waals surface area contributed by atoms with Gasteiger partial charge in [-0.1, -0.05) is 25.3 Å². The molecule has 2 aliphatic rings. The number of rotatable bonds is 5. The Morgan fingerprint density at radius 2 is 2.07 bits per heavy atom. The van der Waals surface area contributed by atoms with Gasteiger partial charge in [0.05, 0.1) is 35.9 Å². The zero-order valence-corrected chi connectivity index (χ0v) is 15.8. The Hall–Kier alpha value is -2.21. The number of carbonyl (C=O) groups excluding carboxylic acids is 1. The summed E-state index contributed by atoms with van der Waals surface area (Å²) in [5.41, 5.74) is 2.72. The van der Waals surface area contributed by atoms with E-state index in [-0.39, 0.29) is 12.0 Å². The van der Waals surface area contributed by atoms with Crippen molar-refractivity contribution in [3.05, 3.63) is 47.5 Å². The molecule has 1 aliphatic heterocycles. The van der Waals surface area contributed by atoms with Crippen LogP contribution in [0.3, 0.4) is 0 Å². The van der Waals surface area contributed by atoms with Crippen molar-refractivity contribution >= 4 is 5.91 Å². The first kappa shape index (κ1) is 18.2. The Morgan fingerprint density at radius 3 is 2.89 bits per heavy atom. The predicted octanol–water partition coefficient (Wildman–Crippen LogP) is 3.67. The highest BCUT2D eigenvalue weighted by Crippen LogP contribution is 2.33. The minimum Gasteiger partial charge on any atom is -0.370 e. The van der Waals surface area contributed by atoms with E-state index in [1.165, 1.54) is 19.3 Å². The van der Waals surface area contributed by atoms with Crippen LogP contribution in [0.1, 0.15) is 72.6 Å². The lowest BCUT2D eigenvalue weighted by Crippen LogP contribution is -2.43. The van der Waals surface area contributed by atoms with Gasteiger partial charge in [-0.05, 0) is 37.8 Å². The molecule has 2 aromatic heterocycles. The first-order valence-electron chi connectivity index (χ1n) is 10.2. The number of aromatic nitrogens is 3. The fourth-order valence-corrected chi connectivity index (χ4v) is 4.28. The molecule has 2 aromatic rings. The van der Waals surface area contributed by atoms with Crippen LogP contribution in [0.2, 0.25) is 0 Å². The predicted molar refractivity (Wildman–Crippen MR) is 102 cm³/mol. The summed E-state index contributed by atoms with van der Waals surface area (Å²) in [5.74, 6) is 0.539. The molecule has 0 bridgehead atoms. The lowest BCUT2D eigenvalue weighted by molar-refractivity contribution is -0.00789. The van der Waals surface area contributed by atoms with Gasteiger partial charge >= 0.3 is 0 Å².